The molecule has 0 aromatic carbocycles. The number of ether oxygens (including phenoxy) is 1. The molecule has 3 fully saturated rings. The van der Waals surface area contributed by atoms with Crippen LogP contribution in [0.4, 0.5) is 0 Å². The van der Waals surface area contributed by atoms with Gasteiger partial charge in [-0.1, -0.05) is 44.8 Å². The summed E-state index contributed by atoms with van der Waals surface area (Å²) in [6.07, 6.45) is 14.0. The molecular formula is C20H23NO4. The molecule has 0 amide bonds. The van der Waals surface area contributed by atoms with Crippen molar-refractivity contribution in [2.24, 2.45) is 17.3 Å². The highest BCUT2D eigenvalue weighted by Gasteiger charge is 2.79. The van der Waals surface area contributed by atoms with Gasteiger partial charge in [0.15, 0.2) is 5.78 Å². The fraction of sp³-hybridized carbons (Fsp3) is 0.650. The molecule has 25 heavy (non-hydrogen) atoms. The van der Waals surface area contributed by atoms with E-state index in [1.165, 1.54) is 0 Å². The second-order valence-corrected chi connectivity index (χ2v) is 8.28. The first-order chi connectivity index (χ1) is 12.0. The van der Waals surface area contributed by atoms with E-state index in [-0.39, 0.29) is 5.78 Å². The minimum atomic E-state index is -0.696. The Morgan fingerprint density at radius 1 is 1.12 bits per heavy atom. The van der Waals surface area contributed by atoms with Gasteiger partial charge in [-0.05, 0) is 25.3 Å². The summed E-state index contributed by atoms with van der Waals surface area (Å²) in [5, 5.41) is 0. The van der Waals surface area contributed by atoms with Crippen LogP contribution in [-0.2, 0) is 19.1 Å². The quantitative estimate of drug-likeness (QED) is 0.448. The highest BCUT2D eigenvalue weighted by Crippen LogP contribution is 2.70. The first-order valence-electron chi connectivity index (χ1n) is 9.51. The second-order valence-electron chi connectivity index (χ2n) is 8.28. The van der Waals surface area contributed by atoms with Crippen LogP contribution in [0.5, 0.6) is 0 Å². The molecular weight excluding hydrogens is 318 g/mol. The smallest absolute Gasteiger partial charge is 0.320 e. The molecule has 6 rings (SSSR count). The van der Waals surface area contributed by atoms with Gasteiger partial charge in [-0.15, -0.1) is 0 Å². The van der Waals surface area contributed by atoms with Crippen LogP contribution in [0.3, 0.4) is 0 Å². The van der Waals surface area contributed by atoms with E-state index < -0.39 is 40.3 Å². The number of hydrogen-bond donors (Lipinski definition) is 0. The summed E-state index contributed by atoms with van der Waals surface area (Å²) < 4.78 is 5.16. The molecule has 4 heterocycles. The lowest BCUT2D eigenvalue weighted by molar-refractivity contribution is -0.183. The number of cyclic esters (lactones) is 2. The molecule has 0 N–H and O–H groups in total. The Morgan fingerprint density at radius 2 is 1.88 bits per heavy atom. The minimum absolute atomic E-state index is 0.100. The summed E-state index contributed by atoms with van der Waals surface area (Å²) >= 11 is 0. The van der Waals surface area contributed by atoms with Crippen LogP contribution in [0.2, 0.25) is 0 Å². The largest absolute Gasteiger partial charge is 0.393 e. The van der Waals surface area contributed by atoms with Gasteiger partial charge in [-0.2, -0.15) is 0 Å². The van der Waals surface area contributed by atoms with Crippen molar-refractivity contribution in [3.8, 4) is 0 Å². The summed E-state index contributed by atoms with van der Waals surface area (Å²) in [5.41, 5.74) is -1.90. The number of ketones is 1. The van der Waals surface area contributed by atoms with E-state index in [9.17, 15) is 14.4 Å². The lowest BCUT2D eigenvalue weighted by Gasteiger charge is -2.69. The fourth-order valence-electron chi connectivity index (χ4n) is 6.64. The van der Waals surface area contributed by atoms with Gasteiger partial charge in [0.2, 0.25) is 0 Å². The van der Waals surface area contributed by atoms with Crippen molar-refractivity contribution < 1.29 is 19.1 Å². The Labute approximate surface area is 147 Å². The number of carbonyl (C=O) groups is 3. The average Bonchev–Trinajstić information content (AvgIpc) is 3.12. The van der Waals surface area contributed by atoms with Gasteiger partial charge in [0.05, 0.1) is 17.4 Å². The highest BCUT2D eigenvalue weighted by atomic mass is 16.6. The molecule has 2 aliphatic carbocycles. The van der Waals surface area contributed by atoms with Crippen molar-refractivity contribution in [3.05, 3.63) is 24.4 Å². The van der Waals surface area contributed by atoms with Crippen LogP contribution in [0.25, 0.3) is 0 Å². The van der Waals surface area contributed by atoms with Crippen molar-refractivity contribution in [2.45, 2.75) is 62.9 Å². The number of piperidine rings is 1. The van der Waals surface area contributed by atoms with Gasteiger partial charge in [-0.3, -0.25) is 14.4 Å². The van der Waals surface area contributed by atoms with E-state index >= 15 is 0 Å². The Morgan fingerprint density at radius 3 is 2.68 bits per heavy atom. The average molecular weight is 341 g/mol. The number of esters is 2. The Hall–Kier alpha value is -1.91. The van der Waals surface area contributed by atoms with Crippen LogP contribution in [-0.4, -0.2) is 33.7 Å². The van der Waals surface area contributed by atoms with Crippen LogP contribution >= 0.6 is 0 Å². The Balaban J connectivity index is 1.79. The molecule has 0 aromatic heterocycles. The predicted molar refractivity (Wildman–Crippen MR) is 89.1 cm³/mol. The molecule has 2 saturated heterocycles. The second kappa shape index (κ2) is 4.63. The van der Waals surface area contributed by atoms with E-state index in [0.717, 1.165) is 44.9 Å². The third-order valence-corrected chi connectivity index (χ3v) is 7.53. The summed E-state index contributed by atoms with van der Waals surface area (Å²) in [6.45, 7) is 2.12. The van der Waals surface area contributed by atoms with Gasteiger partial charge in [0.1, 0.15) is 5.54 Å². The van der Waals surface area contributed by atoms with Crippen molar-refractivity contribution >= 4 is 17.7 Å². The van der Waals surface area contributed by atoms with Gasteiger partial charge >= 0.3 is 11.9 Å². The maximum absolute atomic E-state index is 13.1. The molecule has 132 valence electrons. The third kappa shape index (κ3) is 1.43. The normalized spacial score (nSPS) is 46.3. The third-order valence-electron chi connectivity index (χ3n) is 7.53. The van der Waals surface area contributed by atoms with E-state index in [1.54, 1.807) is 6.08 Å². The van der Waals surface area contributed by atoms with Crippen molar-refractivity contribution in [3.63, 3.8) is 0 Å². The van der Waals surface area contributed by atoms with Crippen molar-refractivity contribution in [2.75, 3.05) is 0 Å². The first kappa shape index (κ1) is 15.4. The van der Waals surface area contributed by atoms with E-state index in [2.05, 4.69) is 24.0 Å². The zero-order chi connectivity index (χ0) is 17.4. The van der Waals surface area contributed by atoms with E-state index in [1.807, 2.05) is 6.20 Å². The lowest BCUT2D eigenvalue weighted by atomic mass is 9.43. The van der Waals surface area contributed by atoms with Gasteiger partial charge in [-0.25, -0.2) is 0 Å². The summed E-state index contributed by atoms with van der Waals surface area (Å²) in [7, 11) is 0. The Kier molecular flexibility index (Phi) is 2.84. The molecule has 0 unspecified atom stereocenters. The van der Waals surface area contributed by atoms with Crippen LogP contribution in [0, 0.1) is 17.3 Å². The first-order valence-corrected chi connectivity index (χ1v) is 9.51. The predicted octanol–water partition coefficient (Wildman–Crippen LogP) is 2.51. The molecule has 6 aliphatic rings. The topological polar surface area (TPSA) is 63.7 Å². The van der Waals surface area contributed by atoms with Crippen molar-refractivity contribution in [1.82, 2.24) is 4.90 Å². The molecule has 1 saturated carbocycles. The molecule has 4 aliphatic heterocycles. The molecule has 5 nitrogen and oxygen atoms in total. The molecule has 2 spiro atoms. The number of rotatable bonds is 3. The maximum atomic E-state index is 13.1. The molecule has 0 radical (unpaired) electrons. The number of nitrogens with zero attached hydrogens (tertiary/aromatic N) is 1. The molecule has 5 atom stereocenters. The van der Waals surface area contributed by atoms with E-state index in [0.29, 0.717) is 0 Å². The lowest BCUT2D eigenvalue weighted by Crippen LogP contribution is -2.79. The molecule has 5 heteroatoms. The summed E-state index contributed by atoms with van der Waals surface area (Å²) in [5.74, 6) is -1.72. The fourth-order valence-corrected chi connectivity index (χ4v) is 6.64. The minimum Gasteiger partial charge on any atom is -0.393 e. The standard InChI is InChI=1S/C20H23NO4/c1-2-3-8-19-11-10-18(14-15(19)17(24)25-16(14)23)7-4-5-9-20(18)13(22)6-12-21(19)20/h6,10-12,14-15H,2-5,7-9H2,1H3/t14-,15+,18+,19-,20-/m0/s1. The molecule has 0 aromatic rings. The van der Waals surface area contributed by atoms with Crippen LogP contribution < -0.4 is 0 Å². The number of unbranched alkanes of at least 4 members (excludes halogenated alkanes) is 1. The van der Waals surface area contributed by atoms with Gasteiger partial charge < -0.3 is 9.64 Å². The maximum Gasteiger partial charge on any atom is 0.320 e. The highest BCUT2D eigenvalue weighted by molar-refractivity contribution is 6.06. The summed E-state index contributed by atoms with van der Waals surface area (Å²) in [6, 6.07) is 0. The zero-order valence-corrected chi connectivity index (χ0v) is 14.5. The van der Waals surface area contributed by atoms with Crippen LogP contribution in [0.15, 0.2) is 24.4 Å². The number of hydrogen-bond acceptors (Lipinski definition) is 5. The molecule has 2 bridgehead atoms. The Bertz CT molecular complexity index is 755. The SMILES string of the molecule is CCCC[C@@]12C=C[C@]3(CCCC[C@]34C(=O)C=CN14)[C@@H]1C(=O)OC(=O)[C@@H]12. The number of carbonyl (C=O) groups excluding carboxylic acids is 3. The van der Waals surface area contributed by atoms with Crippen molar-refractivity contribution in [1.29, 1.82) is 0 Å². The zero-order valence-electron chi connectivity index (χ0n) is 14.5. The van der Waals surface area contributed by atoms with E-state index in [4.69, 9.17) is 4.74 Å². The van der Waals surface area contributed by atoms with Gasteiger partial charge in [0.25, 0.3) is 0 Å². The van der Waals surface area contributed by atoms with Crippen LogP contribution in [0.1, 0.15) is 51.9 Å². The van der Waals surface area contributed by atoms with Gasteiger partial charge in [0, 0.05) is 11.6 Å². The summed E-state index contributed by atoms with van der Waals surface area (Å²) in [4.78, 5) is 40.8. The monoisotopic (exact) mass is 341 g/mol.